The number of benzene rings is 1. The van der Waals surface area contributed by atoms with Gasteiger partial charge >= 0.3 is 0 Å². The Labute approximate surface area is 107 Å². The molecule has 1 aromatic rings. The van der Waals surface area contributed by atoms with Gasteiger partial charge in [-0.1, -0.05) is 19.1 Å². The van der Waals surface area contributed by atoms with Crippen molar-refractivity contribution in [1.29, 1.82) is 0 Å². The number of nitrogens with zero attached hydrogens (tertiary/aromatic N) is 1. The van der Waals surface area contributed by atoms with Gasteiger partial charge in [-0.25, -0.2) is 4.39 Å². The average molecular weight is 261 g/mol. The van der Waals surface area contributed by atoms with Crippen LogP contribution in [-0.4, -0.2) is 23.9 Å². The van der Waals surface area contributed by atoms with E-state index in [1.54, 1.807) is 19.2 Å². The highest BCUT2D eigenvalue weighted by atomic mass is 35.5. The van der Waals surface area contributed by atoms with Crippen LogP contribution >= 0.6 is 12.4 Å². The maximum atomic E-state index is 12.9. The lowest BCUT2D eigenvalue weighted by Crippen LogP contribution is -2.40. The molecule has 0 spiro atoms. The second-order valence-corrected chi connectivity index (χ2v) is 3.84. The Kier molecular flexibility index (Phi) is 6.76. The van der Waals surface area contributed by atoms with Crippen LogP contribution in [0.25, 0.3) is 0 Å². The number of likely N-dealkylation sites (N-methyl/N-ethyl adjacent to an activating group) is 1. The van der Waals surface area contributed by atoms with Crippen molar-refractivity contribution in [2.45, 2.75) is 25.9 Å². The molecule has 1 unspecified atom stereocenters. The minimum absolute atomic E-state index is 0. The van der Waals surface area contributed by atoms with E-state index in [0.717, 1.165) is 5.56 Å². The molecular weight excluding hydrogens is 243 g/mol. The third-order valence-corrected chi connectivity index (χ3v) is 2.44. The van der Waals surface area contributed by atoms with Crippen molar-refractivity contribution in [3.05, 3.63) is 35.6 Å². The largest absolute Gasteiger partial charge is 0.340 e. The molecule has 0 saturated carbocycles. The molecule has 0 aliphatic rings. The Morgan fingerprint density at radius 1 is 1.53 bits per heavy atom. The molecule has 0 fully saturated rings. The Morgan fingerprint density at radius 3 is 2.71 bits per heavy atom. The van der Waals surface area contributed by atoms with Gasteiger partial charge in [0.25, 0.3) is 0 Å². The molecule has 0 aromatic heterocycles. The monoisotopic (exact) mass is 260 g/mol. The lowest BCUT2D eigenvalue weighted by molar-refractivity contribution is -0.131. The number of nitrogens with two attached hydrogens (primary N) is 1. The molecule has 1 rings (SSSR count). The molecule has 0 bridgehead atoms. The van der Waals surface area contributed by atoms with Crippen LogP contribution in [0.1, 0.15) is 18.9 Å². The van der Waals surface area contributed by atoms with Crippen LogP contribution in [0.4, 0.5) is 4.39 Å². The fourth-order valence-corrected chi connectivity index (χ4v) is 1.44. The highest BCUT2D eigenvalue weighted by molar-refractivity contribution is 5.85. The van der Waals surface area contributed by atoms with Crippen molar-refractivity contribution in [3.63, 3.8) is 0 Å². The molecule has 0 aliphatic heterocycles. The van der Waals surface area contributed by atoms with Gasteiger partial charge in [0.2, 0.25) is 5.91 Å². The number of hydrogen-bond acceptors (Lipinski definition) is 2. The summed E-state index contributed by atoms with van der Waals surface area (Å²) in [6.07, 6.45) is 0.603. The molecule has 5 heteroatoms. The van der Waals surface area contributed by atoms with Gasteiger partial charge in [-0.15, -0.1) is 12.4 Å². The first-order valence-corrected chi connectivity index (χ1v) is 5.29. The first-order chi connectivity index (χ1) is 7.54. The summed E-state index contributed by atoms with van der Waals surface area (Å²) in [7, 11) is 1.67. The second kappa shape index (κ2) is 7.25. The number of amides is 1. The Bertz CT molecular complexity index is 373. The highest BCUT2D eigenvalue weighted by Crippen LogP contribution is 2.07. The Balaban J connectivity index is 0.00000256. The zero-order chi connectivity index (χ0) is 12.1. The van der Waals surface area contributed by atoms with E-state index in [9.17, 15) is 9.18 Å². The molecule has 17 heavy (non-hydrogen) atoms. The van der Waals surface area contributed by atoms with E-state index in [-0.39, 0.29) is 24.1 Å². The average Bonchev–Trinajstić information content (AvgIpc) is 2.27. The third kappa shape index (κ3) is 4.71. The predicted molar refractivity (Wildman–Crippen MR) is 68.4 cm³/mol. The topological polar surface area (TPSA) is 46.3 Å². The van der Waals surface area contributed by atoms with E-state index < -0.39 is 6.04 Å². The summed E-state index contributed by atoms with van der Waals surface area (Å²) in [4.78, 5) is 13.2. The number of carbonyl (C=O) groups is 1. The third-order valence-electron chi connectivity index (χ3n) is 2.44. The van der Waals surface area contributed by atoms with Crippen LogP contribution < -0.4 is 5.73 Å². The molecule has 1 amide bonds. The van der Waals surface area contributed by atoms with Gasteiger partial charge in [-0.05, 0) is 24.1 Å². The van der Waals surface area contributed by atoms with E-state index in [2.05, 4.69) is 0 Å². The fraction of sp³-hybridized carbons (Fsp3) is 0.417. The normalized spacial score (nSPS) is 11.5. The lowest BCUT2D eigenvalue weighted by Gasteiger charge is -2.20. The second-order valence-electron chi connectivity index (χ2n) is 3.84. The summed E-state index contributed by atoms with van der Waals surface area (Å²) in [5, 5.41) is 0. The number of hydrogen-bond donors (Lipinski definition) is 1. The first-order valence-electron chi connectivity index (χ1n) is 5.29. The summed E-state index contributed by atoms with van der Waals surface area (Å²) >= 11 is 0. The summed E-state index contributed by atoms with van der Waals surface area (Å²) in [5.41, 5.74) is 6.40. The summed E-state index contributed by atoms with van der Waals surface area (Å²) in [6, 6.07) is 5.73. The quantitative estimate of drug-likeness (QED) is 0.899. The van der Waals surface area contributed by atoms with Crippen molar-refractivity contribution in [1.82, 2.24) is 4.90 Å². The lowest BCUT2D eigenvalue weighted by atomic mass is 10.1. The first kappa shape index (κ1) is 15.9. The van der Waals surface area contributed by atoms with Gasteiger partial charge in [0.1, 0.15) is 5.82 Å². The van der Waals surface area contributed by atoms with Crippen molar-refractivity contribution in [2.75, 3.05) is 7.05 Å². The molecule has 3 nitrogen and oxygen atoms in total. The Hall–Kier alpha value is -1.13. The molecule has 0 aliphatic carbocycles. The minimum atomic E-state index is -0.474. The van der Waals surface area contributed by atoms with Gasteiger partial charge in [-0.3, -0.25) is 4.79 Å². The molecule has 0 radical (unpaired) electrons. The van der Waals surface area contributed by atoms with Gasteiger partial charge in [0.15, 0.2) is 0 Å². The van der Waals surface area contributed by atoms with E-state index in [1.165, 1.54) is 17.0 Å². The van der Waals surface area contributed by atoms with Crippen LogP contribution in [0.5, 0.6) is 0 Å². The highest BCUT2D eigenvalue weighted by Gasteiger charge is 2.16. The van der Waals surface area contributed by atoms with Gasteiger partial charge < -0.3 is 10.6 Å². The number of carbonyl (C=O) groups excluding carboxylic acids is 1. The van der Waals surface area contributed by atoms with E-state index in [4.69, 9.17) is 5.73 Å². The fourth-order valence-electron chi connectivity index (χ4n) is 1.44. The zero-order valence-corrected chi connectivity index (χ0v) is 10.8. The maximum absolute atomic E-state index is 12.9. The van der Waals surface area contributed by atoms with Crippen molar-refractivity contribution in [3.8, 4) is 0 Å². The zero-order valence-electron chi connectivity index (χ0n) is 10.0. The molecule has 0 heterocycles. The molecule has 2 N–H and O–H groups in total. The van der Waals surface area contributed by atoms with Gasteiger partial charge in [0.05, 0.1) is 6.04 Å². The van der Waals surface area contributed by atoms with Crippen LogP contribution in [0.3, 0.4) is 0 Å². The van der Waals surface area contributed by atoms with Gasteiger partial charge in [-0.2, -0.15) is 0 Å². The summed E-state index contributed by atoms with van der Waals surface area (Å²) in [5.74, 6) is -0.412. The van der Waals surface area contributed by atoms with Crippen molar-refractivity contribution < 1.29 is 9.18 Å². The molecular formula is C12H18ClFN2O. The summed E-state index contributed by atoms with van der Waals surface area (Å²) < 4.78 is 12.9. The maximum Gasteiger partial charge on any atom is 0.239 e. The van der Waals surface area contributed by atoms with Crippen molar-refractivity contribution in [2.24, 2.45) is 5.73 Å². The van der Waals surface area contributed by atoms with E-state index in [1.807, 2.05) is 6.92 Å². The van der Waals surface area contributed by atoms with Crippen LogP contribution in [0.2, 0.25) is 0 Å². The van der Waals surface area contributed by atoms with Gasteiger partial charge in [0, 0.05) is 13.6 Å². The minimum Gasteiger partial charge on any atom is -0.340 e. The predicted octanol–water partition coefficient (Wildman–Crippen LogP) is 1.94. The van der Waals surface area contributed by atoms with Crippen molar-refractivity contribution >= 4 is 18.3 Å². The number of halogens is 2. The molecule has 1 aromatic carbocycles. The molecule has 1 atom stereocenters. The number of rotatable bonds is 4. The Morgan fingerprint density at radius 2 is 2.18 bits per heavy atom. The van der Waals surface area contributed by atoms with Crippen LogP contribution in [0, 0.1) is 5.82 Å². The van der Waals surface area contributed by atoms with E-state index >= 15 is 0 Å². The standard InChI is InChI=1S/C12H17FN2O.ClH/c1-3-11(14)12(16)15(2)8-9-5-4-6-10(13)7-9;/h4-7,11H,3,8,14H2,1-2H3;1H. The molecule has 0 saturated heterocycles. The summed E-state index contributed by atoms with van der Waals surface area (Å²) in [6.45, 7) is 2.24. The molecule has 96 valence electrons. The van der Waals surface area contributed by atoms with Crippen LogP contribution in [0.15, 0.2) is 24.3 Å². The van der Waals surface area contributed by atoms with E-state index in [0.29, 0.717) is 13.0 Å². The smallest absolute Gasteiger partial charge is 0.239 e. The van der Waals surface area contributed by atoms with Crippen LogP contribution in [-0.2, 0) is 11.3 Å². The SMILES string of the molecule is CCC(N)C(=O)N(C)Cc1cccc(F)c1.Cl.